The molecule has 0 bridgehead atoms. The van der Waals surface area contributed by atoms with E-state index in [4.69, 9.17) is 19.0 Å². The molecule has 0 spiro atoms. The largest absolute Gasteiger partial charge is 0.492 e. The Morgan fingerprint density at radius 2 is 1.87 bits per heavy atom. The number of anilines is 2. The van der Waals surface area contributed by atoms with Gasteiger partial charge in [-0.25, -0.2) is 4.39 Å². The Bertz CT molecular complexity index is 1070. The summed E-state index contributed by atoms with van der Waals surface area (Å²) in [6.45, 7) is 15.3. The maximum Gasteiger partial charge on any atom is 0.204 e. The lowest BCUT2D eigenvalue weighted by atomic mass is 10.1. The predicted molar refractivity (Wildman–Crippen MR) is 157 cm³/mol. The normalized spacial score (nSPS) is 13.9. The van der Waals surface area contributed by atoms with Crippen molar-refractivity contribution in [2.24, 2.45) is 10.7 Å². The summed E-state index contributed by atoms with van der Waals surface area (Å²) >= 11 is 0. The second kappa shape index (κ2) is 16.5. The molecule has 1 fully saturated rings. The van der Waals surface area contributed by atoms with E-state index in [0.29, 0.717) is 29.3 Å². The van der Waals surface area contributed by atoms with Gasteiger partial charge in [0, 0.05) is 68.7 Å². The highest BCUT2D eigenvalue weighted by Crippen LogP contribution is 2.33. The average Bonchev–Trinajstić information content (AvgIpc) is 2.91. The molecular weight excluding hydrogens is 501 g/mol. The van der Waals surface area contributed by atoms with Gasteiger partial charge in [0.15, 0.2) is 0 Å². The average molecular weight is 544 g/mol. The molecule has 2 aromatic carbocycles. The van der Waals surface area contributed by atoms with Crippen LogP contribution in [-0.2, 0) is 14.3 Å². The molecule has 0 atom stereocenters. The number of hydrogen-bond donors (Lipinski definition) is 3. The van der Waals surface area contributed by atoms with Crippen molar-refractivity contribution in [1.82, 2.24) is 4.90 Å². The molecule has 0 radical (unpaired) electrons. The van der Waals surface area contributed by atoms with Crippen LogP contribution in [0.4, 0.5) is 21.5 Å². The topological polar surface area (TPSA) is 110 Å². The molecule has 1 heterocycles. The Morgan fingerprint density at radius 3 is 2.49 bits per heavy atom. The monoisotopic (exact) mass is 543 g/mol. The Morgan fingerprint density at radius 1 is 1.23 bits per heavy atom. The van der Waals surface area contributed by atoms with E-state index in [2.05, 4.69) is 46.7 Å². The van der Waals surface area contributed by atoms with E-state index in [9.17, 15) is 0 Å². The summed E-state index contributed by atoms with van der Waals surface area (Å²) in [5.41, 5.74) is 7.01. The molecule has 214 valence electrons. The SMILES string of the molecule is C=C(Nc1ccc(NCCC(C)(C)OC)cc1)c1c(F)cc(OCCN2CCOCC2)cc1N=CC.NC=O. The number of benzene rings is 2. The fraction of sp³-hybridized carbons (Fsp3) is 0.448. The van der Waals surface area contributed by atoms with Crippen LogP contribution in [0.5, 0.6) is 5.75 Å². The Hall–Kier alpha value is -3.47. The minimum absolute atomic E-state index is 0.168. The van der Waals surface area contributed by atoms with Gasteiger partial charge in [-0.1, -0.05) is 6.58 Å². The van der Waals surface area contributed by atoms with Crippen molar-refractivity contribution in [3.63, 3.8) is 0 Å². The van der Waals surface area contributed by atoms with E-state index in [1.165, 1.54) is 6.07 Å². The summed E-state index contributed by atoms with van der Waals surface area (Å²) in [4.78, 5) is 15.2. The minimum Gasteiger partial charge on any atom is -0.492 e. The molecule has 0 unspecified atom stereocenters. The van der Waals surface area contributed by atoms with Gasteiger partial charge in [0.2, 0.25) is 6.41 Å². The van der Waals surface area contributed by atoms with E-state index in [-0.39, 0.29) is 12.0 Å². The maximum atomic E-state index is 15.2. The lowest BCUT2D eigenvalue weighted by Gasteiger charge is -2.26. The van der Waals surface area contributed by atoms with Crippen LogP contribution in [0, 0.1) is 5.82 Å². The summed E-state index contributed by atoms with van der Waals surface area (Å²) < 4.78 is 31.9. The summed E-state index contributed by atoms with van der Waals surface area (Å²) in [7, 11) is 1.72. The molecule has 0 aromatic heterocycles. The van der Waals surface area contributed by atoms with Crippen LogP contribution in [0.2, 0.25) is 0 Å². The summed E-state index contributed by atoms with van der Waals surface area (Å²) in [6.07, 6.45) is 2.77. The number of ether oxygens (including phenoxy) is 3. The van der Waals surface area contributed by atoms with Gasteiger partial charge < -0.3 is 30.6 Å². The minimum atomic E-state index is -0.434. The molecule has 0 saturated carbocycles. The number of morpholine rings is 1. The number of nitrogens with one attached hydrogen (secondary N) is 2. The van der Waals surface area contributed by atoms with Crippen molar-refractivity contribution < 1.29 is 23.4 Å². The van der Waals surface area contributed by atoms with Crippen LogP contribution >= 0.6 is 0 Å². The fourth-order valence-electron chi connectivity index (χ4n) is 3.83. The lowest BCUT2D eigenvalue weighted by Crippen LogP contribution is -2.38. The first-order valence-electron chi connectivity index (χ1n) is 13.0. The highest BCUT2D eigenvalue weighted by Gasteiger charge is 2.17. The summed E-state index contributed by atoms with van der Waals surface area (Å²) in [6, 6.07) is 11.0. The maximum absolute atomic E-state index is 15.2. The molecule has 3 rings (SSSR count). The highest BCUT2D eigenvalue weighted by molar-refractivity contribution is 5.83. The predicted octanol–water partition coefficient (Wildman–Crippen LogP) is 4.67. The molecule has 1 aliphatic rings. The number of aliphatic imine (C=N–C) groups is 1. The van der Waals surface area contributed by atoms with Crippen molar-refractivity contribution >= 4 is 35.4 Å². The van der Waals surface area contributed by atoms with Gasteiger partial charge >= 0.3 is 0 Å². The first-order chi connectivity index (χ1) is 18.7. The number of nitrogens with zero attached hydrogens (tertiary/aromatic N) is 2. The molecule has 1 aliphatic heterocycles. The number of nitrogens with two attached hydrogens (primary N) is 1. The Labute approximate surface area is 231 Å². The first kappa shape index (κ1) is 31.7. The van der Waals surface area contributed by atoms with Crippen LogP contribution in [0.25, 0.3) is 5.70 Å². The molecule has 9 nitrogen and oxygen atoms in total. The van der Waals surface area contributed by atoms with Gasteiger partial charge in [0.05, 0.1) is 30.1 Å². The van der Waals surface area contributed by atoms with Crippen LogP contribution in [-0.4, -0.2) is 76.2 Å². The van der Waals surface area contributed by atoms with Crippen LogP contribution in [0.3, 0.4) is 0 Å². The van der Waals surface area contributed by atoms with Crippen molar-refractivity contribution in [3.05, 3.63) is 54.4 Å². The van der Waals surface area contributed by atoms with Gasteiger partial charge in [-0.15, -0.1) is 0 Å². The summed E-state index contributed by atoms with van der Waals surface area (Å²) in [5, 5.41) is 6.60. The van der Waals surface area contributed by atoms with Crippen LogP contribution in [0.1, 0.15) is 32.8 Å². The van der Waals surface area contributed by atoms with E-state index >= 15 is 4.39 Å². The standard InChI is InChI=1S/C28H39FN4O3.CH3NO/c1-6-30-26-20-24(36-18-15-33-13-16-35-17-14-33)19-25(29)27(26)21(2)32-23-9-7-22(8-10-23)31-12-11-28(3,4)34-5;2-1-3/h6-10,19-20,31-32H,2,11-18H2,1,3-5H3;1H,(H2,2,3). The zero-order chi connectivity index (χ0) is 28.7. The van der Waals surface area contributed by atoms with Gasteiger partial charge in [-0.05, 0) is 51.5 Å². The van der Waals surface area contributed by atoms with Crippen LogP contribution < -0.4 is 21.1 Å². The third kappa shape index (κ3) is 11.0. The highest BCUT2D eigenvalue weighted by atomic mass is 19.1. The number of halogens is 1. The van der Waals surface area contributed by atoms with E-state index < -0.39 is 5.82 Å². The van der Waals surface area contributed by atoms with Crippen LogP contribution in [0.15, 0.2) is 48.0 Å². The second-order valence-electron chi connectivity index (χ2n) is 9.45. The van der Waals surface area contributed by atoms with Crippen molar-refractivity contribution in [3.8, 4) is 5.75 Å². The number of primary amides is 1. The van der Waals surface area contributed by atoms with Gasteiger partial charge in [-0.3, -0.25) is 14.7 Å². The molecule has 10 heteroatoms. The zero-order valence-corrected chi connectivity index (χ0v) is 23.5. The van der Waals surface area contributed by atoms with E-state index in [1.807, 2.05) is 24.3 Å². The number of methoxy groups -OCH3 is 1. The van der Waals surface area contributed by atoms with Crippen molar-refractivity contribution in [2.45, 2.75) is 32.8 Å². The first-order valence-corrected chi connectivity index (χ1v) is 13.0. The van der Waals surface area contributed by atoms with Gasteiger partial charge in [-0.2, -0.15) is 0 Å². The van der Waals surface area contributed by atoms with E-state index in [0.717, 1.165) is 57.2 Å². The zero-order valence-electron chi connectivity index (χ0n) is 23.5. The molecule has 39 heavy (non-hydrogen) atoms. The Balaban J connectivity index is 0.00000170. The van der Waals surface area contributed by atoms with Crippen molar-refractivity contribution in [2.75, 3.05) is 63.7 Å². The van der Waals surface area contributed by atoms with E-state index in [1.54, 1.807) is 26.3 Å². The number of carbonyl (C=O) groups excluding carboxylic acids is 1. The Kier molecular flexibility index (Phi) is 13.4. The van der Waals surface area contributed by atoms with Gasteiger partial charge in [0.25, 0.3) is 0 Å². The molecule has 0 aliphatic carbocycles. The lowest BCUT2D eigenvalue weighted by molar-refractivity contribution is -0.106. The number of carbonyl (C=O) groups is 1. The van der Waals surface area contributed by atoms with Crippen molar-refractivity contribution in [1.29, 1.82) is 0 Å². The third-order valence-electron chi connectivity index (χ3n) is 6.18. The quantitative estimate of drug-likeness (QED) is 0.249. The third-order valence-corrected chi connectivity index (χ3v) is 6.18. The number of hydrogen-bond acceptors (Lipinski definition) is 8. The summed E-state index contributed by atoms with van der Waals surface area (Å²) in [5.74, 6) is 0.0148. The number of amides is 1. The molecule has 1 amide bonds. The second-order valence-corrected chi connectivity index (χ2v) is 9.45. The number of rotatable bonds is 13. The van der Waals surface area contributed by atoms with Gasteiger partial charge in [0.1, 0.15) is 18.2 Å². The molecule has 1 saturated heterocycles. The smallest absolute Gasteiger partial charge is 0.204 e. The molecule has 4 N–H and O–H groups in total. The fourth-order valence-corrected chi connectivity index (χ4v) is 3.83. The molecule has 2 aromatic rings. The molecular formula is C29H42FN5O4.